The SMILES string of the molecule is CC(C)(C)NC(=O)C(C(=O)NCC(=O)O)=C(O)NCc1ccccc1Br. The van der Waals surface area contributed by atoms with Crippen molar-refractivity contribution in [3.8, 4) is 0 Å². The molecule has 1 aromatic carbocycles. The summed E-state index contributed by atoms with van der Waals surface area (Å²) in [6, 6.07) is 7.23. The molecule has 0 aliphatic rings. The first-order chi connectivity index (χ1) is 12.0. The molecule has 0 saturated heterocycles. The summed E-state index contributed by atoms with van der Waals surface area (Å²) in [6.45, 7) is 4.60. The molecular formula is C17H22BrN3O5. The third kappa shape index (κ3) is 7.14. The molecule has 0 aliphatic carbocycles. The van der Waals surface area contributed by atoms with Gasteiger partial charge in [-0.25, -0.2) is 0 Å². The Hall–Kier alpha value is -2.55. The van der Waals surface area contributed by atoms with E-state index in [1.165, 1.54) is 0 Å². The number of aliphatic carboxylic acids is 1. The van der Waals surface area contributed by atoms with E-state index in [4.69, 9.17) is 5.11 Å². The first-order valence-corrected chi connectivity index (χ1v) is 8.53. The van der Waals surface area contributed by atoms with Crippen LogP contribution >= 0.6 is 15.9 Å². The molecule has 0 radical (unpaired) electrons. The molecule has 0 aliphatic heterocycles. The van der Waals surface area contributed by atoms with Gasteiger partial charge >= 0.3 is 5.97 Å². The summed E-state index contributed by atoms with van der Waals surface area (Å²) in [5.74, 6) is -3.73. The fourth-order valence-electron chi connectivity index (χ4n) is 1.87. The lowest BCUT2D eigenvalue weighted by atomic mass is 10.1. The Morgan fingerprint density at radius 3 is 2.19 bits per heavy atom. The number of aliphatic hydroxyl groups is 1. The maximum atomic E-state index is 12.4. The average Bonchev–Trinajstić information content (AvgIpc) is 2.50. The first kappa shape index (κ1) is 21.5. The normalized spacial score (nSPS) is 12.0. The Kier molecular flexibility index (Phi) is 7.63. The van der Waals surface area contributed by atoms with Crippen molar-refractivity contribution in [3.05, 3.63) is 45.8 Å². The van der Waals surface area contributed by atoms with Crippen molar-refractivity contribution in [1.29, 1.82) is 0 Å². The standard InChI is InChI=1S/C17H22BrN3O5/c1-17(2,3)21-16(26)13(15(25)20-9-12(22)23)14(24)19-8-10-6-4-5-7-11(10)18/h4-7,19,24H,8-9H2,1-3H3,(H,20,25)(H,21,26)(H,22,23). The van der Waals surface area contributed by atoms with Crippen molar-refractivity contribution in [1.82, 2.24) is 16.0 Å². The monoisotopic (exact) mass is 427 g/mol. The minimum absolute atomic E-state index is 0.145. The maximum Gasteiger partial charge on any atom is 0.322 e. The number of hydrogen-bond donors (Lipinski definition) is 5. The van der Waals surface area contributed by atoms with Crippen LogP contribution in [0.5, 0.6) is 0 Å². The largest absolute Gasteiger partial charge is 0.494 e. The highest BCUT2D eigenvalue weighted by atomic mass is 79.9. The second kappa shape index (κ2) is 9.23. The summed E-state index contributed by atoms with van der Waals surface area (Å²) in [4.78, 5) is 35.2. The van der Waals surface area contributed by atoms with Crippen molar-refractivity contribution < 1.29 is 24.6 Å². The Labute approximate surface area is 159 Å². The average molecular weight is 428 g/mol. The number of hydrogen-bond acceptors (Lipinski definition) is 5. The molecule has 0 fully saturated rings. The Balaban J connectivity index is 3.04. The lowest BCUT2D eigenvalue weighted by Gasteiger charge is -2.22. The van der Waals surface area contributed by atoms with Crippen LogP contribution in [0.4, 0.5) is 0 Å². The zero-order valence-corrected chi connectivity index (χ0v) is 16.3. The molecule has 5 N–H and O–H groups in total. The van der Waals surface area contributed by atoms with Crippen molar-refractivity contribution >= 4 is 33.7 Å². The topological polar surface area (TPSA) is 128 Å². The number of carboxylic acid groups (broad SMARTS) is 1. The third-order valence-corrected chi connectivity index (χ3v) is 3.76. The van der Waals surface area contributed by atoms with E-state index in [0.717, 1.165) is 10.0 Å². The molecule has 1 rings (SSSR count). The van der Waals surface area contributed by atoms with Gasteiger partial charge in [0.05, 0.1) is 0 Å². The second-order valence-electron chi connectivity index (χ2n) is 6.45. The lowest BCUT2D eigenvalue weighted by Crippen LogP contribution is -2.46. The molecule has 0 atom stereocenters. The summed E-state index contributed by atoms with van der Waals surface area (Å²) in [5.41, 5.74) is -0.452. The van der Waals surface area contributed by atoms with Gasteiger partial charge in [-0.1, -0.05) is 34.1 Å². The number of nitrogens with one attached hydrogen (secondary N) is 3. The maximum absolute atomic E-state index is 12.4. The number of carbonyl (C=O) groups is 3. The molecule has 0 heterocycles. The van der Waals surface area contributed by atoms with Crippen molar-refractivity contribution in [2.45, 2.75) is 32.9 Å². The first-order valence-electron chi connectivity index (χ1n) is 7.74. The van der Waals surface area contributed by atoms with Crippen molar-refractivity contribution in [2.24, 2.45) is 0 Å². The highest BCUT2D eigenvalue weighted by Crippen LogP contribution is 2.16. The summed E-state index contributed by atoms with van der Waals surface area (Å²) in [7, 11) is 0. The van der Waals surface area contributed by atoms with Gasteiger partial charge in [-0.3, -0.25) is 14.4 Å². The van der Waals surface area contributed by atoms with E-state index in [9.17, 15) is 19.5 Å². The van der Waals surface area contributed by atoms with Gasteiger partial charge in [0.25, 0.3) is 11.8 Å². The molecule has 0 bridgehead atoms. The van der Waals surface area contributed by atoms with E-state index in [1.807, 2.05) is 12.1 Å². The van der Waals surface area contributed by atoms with E-state index in [0.29, 0.717) is 0 Å². The highest BCUT2D eigenvalue weighted by molar-refractivity contribution is 9.10. The van der Waals surface area contributed by atoms with Crippen LogP contribution in [0.25, 0.3) is 0 Å². The fourth-order valence-corrected chi connectivity index (χ4v) is 2.30. The van der Waals surface area contributed by atoms with Crippen LogP contribution in [0.1, 0.15) is 26.3 Å². The van der Waals surface area contributed by atoms with Crippen LogP contribution in [0.15, 0.2) is 40.2 Å². The van der Waals surface area contributed by atoms with Crippen LogP contribution in [0.2, 0.25) is 0 Å². The van der Waals surface area contributed by atoms with Gasteiger partial charge in [0, 0.05) is 16.6 Å². The summed E-state index contributed by atoms with van der Waals surface area (Å²) >= 11 is 3.36. The summed E-state index contributed by atoms with van der Waals surface area (Å²) < 4.78 is 0.788. The molecule has 0 aromatic heterocycles. The number of carbonyl (C=O) groups excluding carboxylic acids is 2. The third-order valence-electron chi connectivity index (χ3n) is 2.98. The predicted molar refractivity (Wildman–Crippen MR) is 99.2 cm³/mol. The minimum atomic E-state index is -1.27. The molecule has 9 heteroatoms. The van der Waals surface area contributed by atoms with E-state index in [2.05, 4.69) is 31.9 Å². The lowest BCUT2D eigenvalue weighted by molar-refractivity contribution is -0.138. The molecule has 1 aromatic rings. The van der Waals surface area contributed by atoms with Gasteiger partial charge in [-0.15, -0.1) is 0 Å². The number of rotatable bonds is 7. The van der Waals surface area contributed by atoms with E-state index in [1.54, 1.807) is 32.9 Å². The fraction of sp³-hybridized carbons (Fsp3) is 0.353. The van der Waals surface area contributed by atoms with Gasteiger partial charge in [-0.2, -0.15) is 0 Å². The molecule has 0 spiro atoms. The van der Waals surface area contributed by atoms with Gasteiger partial charge in [-0.05, 0) is 32.4 Å². The minimum Gasteiger partial charge on any atom is -0.494 e. The van der Waals surface area contributed by atoms with Crippen LogP contribution in [-0.4, -0.2) is 40.1 Å². The number of benzene rings is 1. The summed E-state index contributed by atoms with van der Waals surface area (Å²) in [5, 5.41) is 26.2. The number of carboxylic acids is 1. The molecule has 2 amide bonds. The molecule has 0 unspecified atom stereocenters. The van der Waals surface area contributed by atoms with E-state index in [-0.39, 0.29) is 6.54 Å². The van der Waals surface area contributed by atoms with Crippen LogP contribution in [0.3, 0.4) is 0 Å². The van der Waals surface area contributed by atoms with Gasteiger partial charge in [0.2, 0.25) is 5.88 Å². The number of amides is 2. The highest BCUT2D eigenvalue weighted by Gasteiger charge is 2.27. The molecular weight excluding hydrogens is 406 g/mol. The molecule has 26 heavy (non-hydrogen) atoms. The van der Waals surface area contributed by atoms with Gasteiger partial charge < -0.3 is 26.2 Å². The Morgan fingerprint density at radius 2 is 1.65 bits per heavy atom. The van der Waals surface area contributed by atoms with Crippen molar-refractivity contribution in [2.75, 3.05) is 6.54 Å². The number of halogens is 1. The summed E-state index contributed by atoms with van der Waals surface area (Å²) in [6.07, 6.45) is 0. The van der Waals surface area contributed by atoms with E-state index < -0.39 is 41.3 Å². The second-order valence-corrected chi connectivity index (χ2v) is 7.30. The zero-order valence-electron chi connectivity index (χ0n) is 14.7. The van der Waals surface area contributed by atoms with Crippen LogP contribution in [0, 0.1) is 0 Å². The van der Waals surface area contributed by atoms with E-state index >= 15 is 0 Å². The molecule has 8 nitrogen and oxygen atoms in total. The molecule has 0 saturated carbocycles. The zero-order chi connectivity index (χ0) is 19.9. The van der Waals surface area contributed by atoms with Gasteiger partial charge in [0.15, 0.2) is 5.57 Å². The van der Waals surface area contributed by atoms with Crippen molar-refractivity contribution in [3.63, 3.8) is 0 Å². The van der Waals surface area contributed by atoms with Crippen LogP contribution < -0.4 is 16.0 Å². The number of aliphatic hydroxyl groups excluding tert-OH is 1. The van der Waals surface area contributed by atoms with Crippen LogP contribution in [-0.2, 0) is 20.9 Å². The quantitative estimate of drug-likeness (QED) is 0.194. The Morgan fingerprint density at radius 1 is 1.04 bits per heavy atom. The Bertz CT molecular complexity index is 725. The molecule has 142 valence electrons. The predicted octanol–water partition coefficient (Wildman–Crippen LogP) is 1.42. The smallest absolute Gasteiger partial charge is 0.322 e. The van der Waals surface area contributed by atoms with Gasteiger partial charge in [0.1, 0.15) is 6.54 Å².